The summed E-state index contributed by atoms with van der Waals surface area (Å²) >= 11 is 0. The van der Waals surface area contributed by atoms with Crippen LogP contribution in [0.3, 0.4) is 0 Å². The second-order valence-electron chi connectivity index (χ2n) is 5.84. The van der Waals surface area contributed by atoms with E-state index in [1.165, 1.54) is 6.92 Å². The molecule has 0 fully saturated rings. The Bertz CT molecular complexity index is 902. The zero-order valence-electron chi connectivity index (χ0n) is 14.4. The lowest BCUT2D eigenvalue weighted by molar-refractivity contribution is -0.114. The van der Waals surface area contributed by atoms with Gasteiger partial charge in [0.25, 0.3) is 0 Å². The fourth-order valence-electron chi connectivity index (χ4n) is 2.56. The molecule has 0 radical (unpaired) electrons. The van der Waals surface area contributed by atoms with E-state index in [2.05, 4.69) is 25.7 Å². The summed E-state index contributed by atoms with van der Waals surface area (Å²) in [7, 11) is 0. The molecule has 0 atom stereocenters. The number of hydrogen-bond acceptors (Lipinski definition) is 5. The van der Waals surface area contributed by atoms with Gasteiger partial charge >= 0.3 is 0 Å². The van der Waals surface area contributed by atoms with E-state index in [0.29, 0.717) is 18.2 Å². The van der Waals surface area contributed by atoms with Gasteiger partial charge in [-0.3, -0.25) is 9.78 Å². The Hall–Kier alpha value is -3.22. The minimum absolute atomic E-state index is 0.0893. The van der Waals surface area contributed by atoms with Crippen molar-refractivity contribution in [2.45, 2.75) is 27.3 Å². The molecule has 0 saturated carbocycles. The van der Waals surface area contributed by atoms with E-state index < -0.39 is 0 Å². The van der Waals surface area contributed by atoms with Gasteiger partial charge in [-0.05, 0) is 37.6 Å². The third kappa shape index (κ3) is 4.20. The second kappa shape index (κ2) is 7.12. The number of anilines is 2. The third-order valence-electron chi connectivity index (χ3n) is 3.57. The van der Waals surface area contributed by atoms with E-state index in [0.717, 1.165) is 22.6 Å². The molecule has 7 nitrogen and oxygen atoms in total. The number of aryl methyl sites for hydroxylation is 2. The van der Waals surface area contributed by atoms with E-state index in [1.807, 2.05) is 44.2 Å². The van der Waals surface area contributed by atoms with E-state index in [1.54, 1.807) is 17.1 Å². The molecule has 7 heteroatoms. The van der Waals surface area contributed by atoms with Crippen molar-refractivity contribution in [2.75, 3.05) is 10.6 Å². The van der Waals surface area contributed by atoms with Crippen LogP contribution in [-0.2, 0) is 11.3 Å². The van der Waals surface area contributed by atoms with Crippen LogP contribution in [0.25, 0.3) is 5.82 Å². The van der Waals surface area contributed by atoms with E-state index in [4.69, 9.17) is 0 Å². The van der Waals surface area contributed by atoms with Crippen LogP contribution in [0.1, 0.15) is 23.9 Å². The Kier molecular flexibility index (Phi) is 4.74. The van der Waals surface area contributed by atoms with Crippen LogP contribution in [0.4, 0.5) is 11.5 Å². The summed E-state index contributed by atoms with van der Waals surface area (Å²) in [5.74, 6) is 1.24. The number of amides is 1. The minimum atomic E-state index is -0.0893. The zero-order valence-corrected chi connectivity index (χ0v) is 14.4. The van der Waals surface area contributed by atoms with Crippen molar-refractivity contribution in [3.63, 3.8) is 0 Å². The second-order valence-corrected chi connectivity index (χ2v) is 5.84. The fourth-order valence-corrected chi connectivity index (χ4v) is 2.56. The number of nitrogens with zero attached hydrogens (tertiary/aromatic N) is 4. The van der Waals surface area contributed by atoms with Crippen LogP contribution in [0.5, 0.6) is 0 Å². The highest BCUT2D eigenvalue weighted by molar-refractivity contribution is 5.88. The number of rotatable bonds is 5. The molecule has 2 N–H and O–H groups in total. The summed E-state index contributed by atoms with van der Waals surface area (Å²) in [5, 5.41) is 10.5. The molecule has 0 bridgehead atoms. The molecular formula is C18H20N6O. The molecule has 0 spiro atoms. The van der Waals surface area contributed by atoms with E-state index in [9.17, 15) is 4.79 Å². The Labute approximate surface area is 146 Å². The van der Waals surface area contributed by atoms with Crippen molar-refractivity contribution >= 4 is 17.4 Å². The molecule has 0 aliphatic rings. The smallest absolute Gasteiger partial charge is 0.221 e. The maximum Gasteiger partial charge on any atom is 0.221 e. The van der Waals surface area contributed by atoms with Crippen molar-refractivity contribution < 1.29 is 4.79 Å². The quantitative estimate of drug-likeness (QED) is 0.748. The molecule has 0 unspecified atom stereocenters. The zero-order chi connectivity index (χ0) is 17.8. The first-order valence-corrected chi connectivity index (χ1v) is 7.97. The Balaban J connectivity index is 1.73. The van der Waals surface area contributed by atoms with Crippen LogP contribution in [0, 0.1) is 13.8 Å². The average molecular weight is 336 g/mol. The minimum Gasteiger partial charge on any atom is -0.365 e. The largest absolute Gasteiger partial charge is 0.365 e. The van der Waals surface area contributed by atoms with Gasteiger partial charge in [0.1, 0.15) is 5.82 Å². The van der Waals surface area contributed by atoms with Crippen LogP contribution < -0.4 is 10.6 Å². The highest BCUT2D eigenvalue weighted by atomic mass is 16.1. The van der Waals surface area contributed by atoms with Crippen molar-refractivity contribution in [1.29, 1.82) is 0 Å². The predicted octanol–water partition coefficient (Wildman–Crippen LogP) is 2.85. The number of aromatic nitrogens is 4. The van der Waals surface area contributed by atoms with Gasteiger partial charge in [-0.15, -0.1) is 0 Å². The highest BCUT2D eigenvalue weighted by Gasteiger charge is 2.06. The maximum atomic E-state index is 11.2. The Morgan fingerprint density at radius 1 is 1.20 bits per heavy atom. The molecule has 1 amide bonds. The van der Waals surface area contributed by atoms with E-state index >= 15 is 0 Å². The molecule has 1 aromatic carbocycles. The standard InChI is InChI=1S/C18H20N6O/c1-12-7-13(2)24(23-12)18-11-19-10-17(22-18)20-9-15-5-4-6-16(8-15)21-14(3)25/h4-8,10-11H,9H2,1-3H3,(H,20,22)(H,21,25). The fraction of sp³-hybridized carbons (Fsp3) is 0.222. The first-order valence-electron chi connectivity index (χ1n) is 7.97. The van der Waals surface area contributed by atoms with E-state index in [-0.39, 0.29) is 5.91 Å². The summed E-state index contributed by atoms with van der Waals surface area (Å²) in [6.45, 7) is 5.99. The SMILES string of the molecule is CC(=O)Nc1cccc(CNc2cncc(-n3nc(C)cc3C)n2)c1. The molecule has 0 aliphatic heterocycles. The average Bonchev–Trinajstić information content (AvgIpc) is 2.91. The van der Waals surface area contributed by atoms with Crippen molar-refractivity contribution in [3.8, 4) is 5.82 Å². The van der Waals surface area contributed by atoms with Crippen molar-refractivity contribution in [1.82, 2.24) is 19.7 Å². The van der Waals surface area contributed by atoms with Crippen LogP contribution in [0.15, 0.2) is 42.7 Å². The predicted molar refractivity (Wildman–Crippen MR) is 96.7 cm³/mol. The van der Waals surface area contributed by atoms with Gasteiger partial charge in [-0.25, -0.2) is 9.67 Å². The Morgan fingerprint density at radius 2 is 2.04 bits per heavy atom. The van der Waals surface area contributed by atoms with Gasteiger partial charge in [0.05, 0.1) is 18.1 Å². The van der Waals surface area contributed by atoms with Gasteiger partial charge in [0.2, 0.25) is 5.91 Å². The molecule has 0 saturated heterocycles. The van der Waals surface area contributed by atoms with Gasteiger partial charge in [0.15, 0.2) is 5.82 Å². The number of carbonyl (C=O) groups is 1. The summed E-state index contributed by atoms with van der Waals surface area (Å²) in [4.78, 5) is 19.9. The number of carbonyl (C=O) groups excluding carboxylic acids is 1. The van der Waals surface area contributed by atoms with Crippen molar-refractivity contribution in [2.24, 2.45) is 0 Å². The highest BCUT2D eigenvalue weighted by Crippen LogP contribution is 2.14. The first-order chi connectivity index (χ1) is 12.0. The monoisotopic (exact) mass is 336 g/mol. The number of hydrogen-bond donors (Lipinski definition) is 2. The molecule has 3 rings (SSSR count). The normalized spacial score (nSPS) is 10.5. The first kappa shape index (κ1) is 16.6. The van der Waals surface area contributed by atoms with Crippen LogP contribution >= 0.6 is 0 Å². The summed E-state index contributed by atoms with van der Waals surface area (Å²) in [6.07, 6.45) is 3.36. The summed E-state index contributed by atoms with van der Waals surface area (Å²) in [5.41, 5.74) is 3.75. The van der Waals surface area contributed by atoms with Crippen LogP contribution in [0.2, 0.25) is 0 Å². The topological polar surface area (TPSA) is 84.7 Å². The van der Waals surface area contributed by atoms with Gasteiger partial charge in [-0.2, -0.15) is 5.10 Å². The summed E-state index contributed by atoms with van der Waals surface area (Å²) < 4.78 is 1.77. The molecule has 2 aromatic heterocycles. The molecule has 25 heavy (non-hydrogen) atoms. The lowest BCUT2D eigenvalue weighted by Crippen LogP contribution is -2.08. The summed E-state index contributed by atoms with van der Waals surface area (Å²) in [6, 6.07) is 9.66. The van der Waals surface area contributed by atoms with Crippen molar-refractivity contribution in [3.05, 3.63) is 59.7 Å². The Morgan fingerprint density at radius 3 is 2.76 bits per heavy atom. The van der Waals surface area contributed by atoms with Crippen LogP contribution in [-0.4, -0.2) is 25.7 Å². The molecule has 2 heterocycles. The molecule has 0 aliphatic carbocycles. The van der Waals surface area contributed by atoms with Gasteiger partial charge < -0.3 is 10.6 Å². The number of nitrogens with one attached hydrogen (secondary N) is 2. The van der Waals surface area contributed by atoms with Gasteiger partial charge in [0, 0.05) is 24.8 Å². The molecule has 3 aromatic rings. The van der Waals surface area contributed by atoms with Gasteiger partial charge in [-0.1, -0.05) is 12.1 Å². The lowest BCUT2D eigenvalue weighted by atomic mass is 10.2. The third-order valence-corrected chi connectivity index (χ3v) is 3.57. The molecule has 128 valence electrons. The molecular weight excluding hydrogens is 316 g/mol. The number of benzene rings is 1. The lowest BCUT2D eigenvalue weighted by Gasteiger charge is -2.09. The maximum absolute atomic E-state index is 11.2.